The van der Waals surface area contributed by atoms with Crippen molar-refractivity contribution in [2.75, 3.05) is 18.9 Å². The lowest BCUT2D eigenvalue weighted by Gasteiger charge is -2.31. The maximum atomic E-state index is 10.2. The number of aliphatic hydroxyl groups excluding tert-OH is 4. The second-order valence-corrected chi connectivity index (χ2v) is 4.82. The van der Waals surface area contributed by atoms with Gasteiger partial charge in [0.25, 0.3) is 0 Å². The van der Waals surface area contributed by atoms with Crippen LogP contribution in [-0.2, 0) is 10.5 Å². The van der Waals surface area contributed by atoms with Crippen LogP contribution in [0.1, 0.15) is 0 Å². The summed E-state index contributed by atoms with van der Waals surface area (Å²) in [7, 11) is 0. The van der Waals surface area contributed by atoms with E-state index in [1.54, 1.807) is 0 Å². The predicted molar refractivity (Wildman–Crippen MR) is 68.8 cm³/mol. The highest BCUT2D eigenvalue weighted by molar-refractivity contribution is 5.81. The molecule has 10 nitrogen and oxygen atoms in total. The van der Waals surface area contributed by atoms with E-state index < -0.39 is 37.3 Å². The van der Waals surface area contributed by atoms with E-state index in [4.69, 9.17) is 10.5 Å². The monoisotopic (exact) mass is 297 g/mol. The van der Waals surface area contributed by atoms with Gasteiger partial charge in [-0.3, -0.25) is 4.57 Å². The Morgan fingerprint density at radius 2 is 2.05 bits per heavy atom. The van der Waals surface area contributed by atoms with E-state index in [0.29, 0.717) is 0 Å². The summed E-state index contributed by atoms with van der Waals surface area (Å²) in [5.74, 6) is 0.138. The van der Waals surface area contributed by atoms with Crippen LogP contribution in [0.5, 0.6) is 0 Å². The van der Waals surface area contributed by atoms with Gasteiger partial charge in [-0.25, -0.2) is 15.0 Å². The first-order chi connectivity index (χ1) is 10.0. The van der Waals surface area contributed by atoms with Crippen LogP contribution in [0.4, 0.5) is 5.82 Å². The van der Waals surface area contributed by atoms with Gasteiger partial charge >= 0.3 is 0 Å². The first kappa shape index (κ1) is 14.1. The Morgan fingerprint density at radius 1 is 1.29 bits per heavy atom. The Morgan fingerprint density at radius 3 is 2.67 bits per heavy atom. The molecule has 2 aromatic rings. The number of nitrogen functional groups attached to an aromatic ring is 1. The number of anilines is 1. The third-order valence-corrected chi connectivity index (χ3v) is 3.70. The van der Waals surface area contributed by atoms with E-state index in [2.05, 4.69) is 15.0 Å². The molecule has 0 spiro atoms. The molecule has 10 heteroatoms. The Kier molecular flexibility index (Phi) is 3.26. The summed E-state index contributed by atoms with van der Waals surface area (Å²) in [5, 5.41) is 39.1. The zero-order chi connectivity index (χ0) is 15.2. The molecule has 0 aromatic carbocycles. The van der Waals surface area contributed by atoms with Crippen LogP contribution in [-0.4, -0.2) is 71.5 Å². The number of hydrogen-bond acceptors (Lipinski definition) is 9. The number of hydrogen-bond donors (Lipinski definition) is 5. The minimum absolute atomic E-state index is 0.138. The van der Waals surface area contributed by atoms with Crippen molar-refractivity contribution < 1.29 is 25.2 Å². The van der Waals surface area contributed by atoms with Crippen LogP contribution in [0.25, 0.3) is 11.2 Å². The normalized spacial score (nSPS) is 32.9. The quantitative estimate of drug-likeness (QED) is 0.402. The van der Waals surface area contributed by atoms with Gasteiger partial charge in [-0.05, 0) is 0 Å². The van der Waals surface area contributed by atoms with E-state index in [1.165, 1.54) is 17.2 Å². The van der Waals surface area contributed by atoms with Crippen LogP contribution in [0.3, 0.4) is 0 Å². The third-order valence-electron chi connectivity index (χ3n) is 3.70. The zero-order valence-corrected chi connectivity index (χ0v) is 10.9. The molecule has 1 saturated heterocycles. The lowest BCUT2D eigenvalue weighted by atomic mass is 10.0. The molecule has 3 heterocycles. The van der Waals surface area contributed by atoms with Gasteiger partial charge in [0.15, 0.2) is 17.2 Å². The summed E-state index contributed by atoms with van der Waals surface area (Å²) < 4.78 is 6.77. The number of aliphatic hydroxyl groups is 4. The fourth-order valence-corrected chi connectivity index (χ4v) is 2.55. The Bertz CT molecular complexity index is 663. The summed E-state index contributed by atoms with van der Waals surface area (Å²) in [6.07, 6.45) is -1.39. The average molecular weight is 297 g/mol. The molecule has 0 bridgehead atoms. The summed E-state index contributed by atoms with van der Waals surface area (Å²) in [6.45, 7) is -1.17. The van der Waals surface area contributed by atoms with Crippen LogP contribution >= 0.6 is 0 Å². The maximum Gasteiger partial charge on any atom is 0.199 e. The van der Waals surface area contributed by atoms with Crippen molar-refractivity contribution in [2.24, 2.45) is 0 Å². The lowest BCUT2D eigenvalue weighted by Crippen LogP contribution is -2.48. The Hall–Kier alpha value is -1.85. The molecule has 0 aliphatic carbocycles. The molecule has 0 radical (unpaired) electrons. The molecule has 1 fully saturated rings. The van der Waals surface area contributed by atoms with E-state index in [9.17, 15) is 20.4 Å². The number of fused-ring (bicyclic) bond motifs is 1. The molecule has 2 aromatic heterocycles. The second kappa shape index (κ2) is 4.86. The molecule has 21 heavy (non-hydrogen) atoms. The van der Waals surface area contributed by atoms with Crippen molar-refractivity contribution >= 4 is 17.0 Å². The van der Waals surface area contributed by atoms with Crippen LogP contribution in [0, 0.1) is 0 Å². The number of nitrogens with two attached hydrogens (primary N) is 1. The van der Waals surface area contributed by atoms with Crippen LogP contribution < -0.4 is 5.73 Å². The molecule has 0 saturated carbocycles. The van der Waals surface area contributed by atoms with Gasteiger partial charge in [0.2, 0.25) is 0 Å². The molecule has 1 aliphatic heterocycles. The molecule has 4 atom stereocenters. The molecule has 6 N–H and O–H groups in total. The Balaban J connectivity index is 2.17. The third kappa shape index (κ3) is 1.81. The molecule has 114 valence electrons. The first-order valence-corrected chi connectivity index (χ1v) is 6.25. The summed E-state index contributed by atoms with van der Waals surface area (Å²) in [5.41, 5.74) is 4.50. The zero-order valence-electron chi connectivity index (χ0n) is 10.9. The van der Waals surface area contributed by atoms with Gasteiger partial charge in [0.1, 0.15) is 30.2 Å². The van der Waals surface area contributed by atoms with E-state index in [0.717, 1.165) is 0 Å². The summed E-state index contributed by atoms with van der Waals surface area (Å²) in [4.78, 5) is 11.8. The first-order valence-electron chi connectivity index (χ1n) is 6.25. The fraction of sp³-hybridized carbons (Fsp3) is 0.545. The standard InChI is InChI=1S/C11H15N5O5/c12-9-6-10(14-3-13-9)16(4-15-6)11(2-18)8(20)7(19)5(1-17)21-11/h3-5,7-8,17-20H,1-2H2,(H2,12,13,14)/t5-,7+,8-,11-/m0/s1. The van der Waals surface area contributed by atoms with Crippen molar-refractivity contribution in [3.8, 4) is 0 Å². The van der Waals surface area contributed by atoms with Crippen LogP contribution in [0.15, 0.2) is 12.7 Å². The molecule has 3 rings (SSSR count). The van der Waals surface area contributed by atoms with Crippen LogP contribution in [0.2, 0.25) is 0 Å². The molecule has 0 amide bonds. The van der Waals surface area contributed by atoms with E-state index in [-0.39, 0.29) is 17.0 Å². The van der Waals surface area contributed by atoms with Gasteiger partial charge in [-0.15, -0.1) is 0 Å². The molecular weight excluding hydrogens is 282 g/mol. The topological polar surface area (TPSA) is 160 Å². The van der Waals surface area contributed by atoms with Crippen molar-refractivity contribution in [1.29, 1.82) is 0 Å². The Labute approximate surface area is 118 Å². The van der Waals surface area contributed by atoms with Gasteiger partial charge < -0.3 is 30.9 Å². The van der Waals surface area contributed by atoms with Gasteiger partial charge in [0, 0.05) is 0 Å². The fourth-order valence-electron chi connectivity index (χ4n) is 2.55. The number of imidazole rings is 1. The lowest BCUT2D eigenvalue weighted by molar-refractivity contribution is -0.169. The predicted octanol–water partition coefficient (Wildman–Crippen LogP) is -2.83. The highest BCUT2D eigenvalue weighted by Gasteiger charge is 2.55. The summed E-state index contributed by atoms with van der Waals surface area (Å²) >= 11 is 0. The number of aromatic nitrogens is 4. The van der Waals surface area contributed by atoms with Gasteiger partial charge in [-0.2, -0.15) is 0 Å². The largest absolute Gasteiger partial charge is 0.394 e. The number of ether oxygens (including phenoxy) is 1. The van der Waals surface area contributed by atoms with Gasteiger partial charge in [-0.1, -0.05) is 0 Å². The average Bonchev–Trinajstić information content (AvgIpc) is 3.03. The minimum atomic E-state index is -1.71. The molecule has 1 aliphatic rings. The maximum absolute atomic E-state index is 10.2. The highest BCUT2D eigenvalue weighted by Crippen LogP contribution is 2.37. The van der Waals surface area contributed by atoms with Gasteiger partial charge in [0.05, 0.1) is 19.5 Å². The van der Waals surface area contributed by atoms with E-state index in [1.807, 2.05) is 0 Å². The highest BCUT2D eigenvalue weighted by atomic mass is 16.6. The number of nitrogens with zero attached hydrogens (tertiary/aromatic N) is 4. The summed E-state index contributed by atoms with van der Waals surface area (Å²) in [6, 6.07) is 0. The second-order valence-electron chi connectivity index (χ2n) is 4.82. The van der Waals surface area contributed by atoms with Crippen molar-refractivity contribution in [1.82, 2.24) is 19.5 Å². The van der Waals surface area contributed by atoms with Crippen molar-refractivity contribution in [3.05, 3.63) is 12.7 Å². The van der Waals surface area contributed by atoms with Crippen molar-refractivity contribution in [2.45, 2.75) is 24.0 Å². The smallest absolute Gasteiger partial charge is 0.199 e. The van der Waals surface area contributed by atoms with Crippen molar-refractivity contribution in [3.63, 3.8) is 0 Å². The molecule has 0 unspecified atom stereocenters. The SMILES string of the molecule is Nc1ncnc2c1ncn2[C@@]1(CO)O[C@@H](CO)[C@@H](O)[C@@H]1O. The minimum Gasteiger partial charge on any atom is -0.394 e. The van der Waals surface area contributed by atoms with E-state index >= 15 is 0 Å². The molecular formula is C11H15N5O5. The number of rotatable bonds is 3.